The minimum Gasteiger partial charge on any atom is -0.480 e. The number of alkyl halides is 2. The first-order valence-corrected chi connectivity index (χ1v) is 5.97. The minimum absolute atomic E-state index is 0.0561. The maximum absolute atomic E-state index is 11.9. The van der Waals surface area contributed by atoms with Crippen LogP contribution < -0.4 is 5.32 Å². The van der Waals surface area contributed by atoms with E-state index in [1.807, 2.05) is 0 Å². The van der Waals surface area contributed by atoms with Crippen LogP contribution in [-0.4, -0.2) is 28.8 Å². The van der Waals surface area contributed by atoms with Crippen molar-refractivity contribution in [2.24, 2.45) is 0 Å². The minimum atomic E-state index is -2.51. The fraction of sp³-hybridized carbons (Fsp3) is 0.400. The van der Waals surface area contributed by atoms with Crippen molar-refractivity contribution in [3.8, 4) is 0 Å². The molecule has 5 nitrogen and oxygen atoms in total. The average Bonchev–Trinajstić information content (AvgIpc) is 2.74. The van der Waals surface area contributed by atoms with Gasteiger partial charge in [0, 0.05) is 0 Å². The summed E-state index contributed by atoms with van der Waals surface area (Å²) in [6.45, 7) is 1.30. The van der Waals surface area contributed by atoms with E-state index in [1.165, 1.54) is 19.1 Å². The zero-order valence-corrected chi connectivity index (χ0v) is 10.2. The number of carboxylic acid groups (broad SMARTS) is 1. The standard InChI is InChI=1S/C10H11F2NO4S/c1-5(9(15)16)13-8(14)7-3-2-6(17-7)4-18-10(11)12/h2-3,5,10H,4H2,1H3,(H,13,14)(H,15,16). The molecule has 0 aromatic carbocycles. The topological polar surface area (TPSA) is 79.5 Å². The highest BCUT2D eigenvalue weighted by molar-refractivity contribution is 7.98. The van der Waals surface area contributed by atoms with Crippen molar-refractivity contribution >= 4 is 23.6 Å². The molecule has 0 fully saturated rings. The maximum atomic E-state index is 11.9. The molecule has 1 atom stereocenters. The van der Waals surface area contributed by atoms with E-state index in [0.717, 1.165) is 0 Å². The molecule has 0 bridgehead atoms. The number of nitrogens with one attached hydrogen (secondary N) is 1. The van der Waals surface area contributed by atoms with Crippen LogP contribution in [0.5, 0.6) is 0 Å². The van der Waals surface area contributed by atoms with Crippen LogP contribution in [0.4, 0.5) is 8.78 Å². The van der Waals surface area contributed by atoms with E-state index >= 15 is 0 Å². The Kier molecular flexibility index (Phi) is 5.14. The number of aliphatic carboxylic acids is 1. The number of rotatable bonds is 6. The summed E-state index contributed by atoms with van der Waals surface area (Å²) in [6.07, 6.45) is 0. The normalized spacial score (nSPS) is 12.4. The number of hydrogen-bond donors (Lipinski definition) is 2. The Morgan fingerprint density at radius 3 is 2.72 bits per heavy atom. The van der Waals surface area contributed by atoms with Gasteiger partial charge in [-0.25, -0.2) is 0 Å². The molecule has 0 saturated heterocycles. The van der Waals surface area contributed by atoms with Crippen molar-refractivity contribution in [2.45, 2.75) is 24.5 Å². The molecule has 1 aromatic heterocycles. The van der Waals surface area contributed by atoms with Gasteiger partial charge in [0.15, 0.2) is 5.76 Å². The van der Waals surface area contributed by atoms with Crippen molar-refractivity contribution in [3.63, 3.8) is 0 Å². The summed E-state index contributed by atoms with van der Waals surface area (Å²) in [5.74, 6) is -4.32. The molecule has 0 aliphatic rings. The zero-order valence-electron chi connectivity index (χ0n) is 9.35. The first-order valence-electron chi connectivity index (χ1n) is 4.92. The Labute approximate surface area is 106 Å². The average molecular weight is 279 g/mol. The van der Waals surface area contributed by atoms with Gasteiger partial charge < -0.3 is 14.8 Å². The molecule has 0 aliphatic heterocycles. The van der Waals surface area contributed by atoms with Gasteiger partial charge in [0.25, 0.3) is 11.7 Å². The fourth-order valence-electron chi connectivity index (χ4n) is 1.05. The SMILES string of the molecule is CC(NC(=O)c1ccc(CSC(F)F)o1)C(=O)O. The molecule has 2 N–H and O–H groups in total. The molecular weight excluding hydrogens is 268 g/mol. The smallest absolute Gasteiger partial charge is 0.325 e. The first-order chi connectivity index (χ1) is 8.40. The van der Waals surface area contributed by atoms with E-state index in [9.17, 15) is 18.4 Å². The van der Waals surface area contributed by atoms with Crippen molar-refractivity contribution in [2.75, 3.05) is 0 Å². The Morgan fingerprint density at radius 1 is 1.50 bits per heavy atom. The van der Waals surface area contributed by atoms with Gasteiger partial charge in [-0.1, -0.05) is 11.8 Å². The van der Waals surface area contributed by atoms with E-state index < -0.39 is 23.7 Å². The highest BCUT2D eigenvalue weighted by Crippen LogP contribution is 2.21. The molecule has 1 heterocycles. The van der Waals surface area contributed by atoms with Gasteiger partial charge in [0.2, 0.25) is 0 Å². The van der Waals surface area contributed by atoms with E-state index in [2.05, 4.69) is 5.32 Å². The van der Waals surface area contributed by atoms with E-state index in [1.54, 1.807) is 0 Å². The number of furan rings is 1. The molecule has 8 heteroatoms. The van der Waals surface area contributed by atoms with Crippen molar-refractivity contribution in [3.05, 3.63) is 23.7 Å². The molecule has 1 unspecified atom stereocenters. The largest absolute Gasteiger partial charge is 0.480 e. The molecule has 18 heavy (non-hydrogen) atoms. The van der Waals surface area contributed by atoms with Crippen LogP contribution in [-0.2, 0) is 10.5 Å². The molecule has 1 rings (SSSR count). The lowest BCUT2D eigenvalue weighted by Crippen LogP contribution is -2.38. The monoisotopic (exact) mass is 279 g/mol. The Hall–Kier alpha value is -1.57. The van der Waals surface area contributed by atoms with Crippen LogP contribution in [0.1, 0.15) is 23.2 Å². The van der Waals surface area contributed by atoms with Gasteiger partial charge in [-0.3, -0.25) is 9.59 Å². The summed E-state index contributed by atoms with van der Waals surface area (Å²) < 4.78 is 28.9. The quantitative estimate of drug-likeness (QED) is 0.831. The first kappa shape index (κ1) is 14.5. The second-order valence-electron chi connectivity index (χ2n) is 3.37. The summed E-state index contributed by atoms with van der Waals surface area (Å²) in [6, 6.07) is 1.66. The predicted molar refractivity (Wildman–Crippen MR) is 60.6 cm³/mol. The molecule has 0 spiro atoms. The van der Waals surface area contributed by atoms with Gasteiger partial charge in [0.1, 0.15) is 11.8 Å². The van der Waals surface area contributed by atoms with Gasteiger partial charge in [0.05, 0.1) is 5.75 Å². The molecule has 0 saturated carbocycles. The summed E-state index contributed by atoms with van der Waals surface area (Å²) in [5, 5.41) is 10.8. The number of carbonyl (C=O) groups is 2. The van der Waals surface area contributed by atoms with Gasteiger partial charge >= 0.3 is 5.97 Å². The molecule has 0 aliphatic carbocycles. The molecular formula is C10H11F2NO4S. The summed E-state index contributed by atoms with van der Waals surface area (Å²) >= 11 is 0.375. The van der Waals surface area contributed by atoms with Crippen molar-refractivity contribution in [1.29, 1.82) is 0 Å². The second kappa shape index (κ2) is 6.39. The third-order valence-electron chi connectivity index (χ3n) is 1.96. The number of amides is 1. The lowest BCUT2D eigenvalue weighted by atomic mass is 10.3. The highest BCUT2D eigenvalue weighted by Gasteiger charge is 2.18. The fourth-order valence-corrected chi connectivity index (χ4v) is 1.50. The third kappa shape index (κ3) is 4.36. The van der Waals surface area contributed by atoms with Gasteiger partial charge in [-0.2, -0.15) is 8.78 Å². The predicted octanol–water partition coefficient (Wildman–Crippen LogP) is 1.94. The highest BCUT2D eigenvalue weighted by atomic mass is 32.2. The lowest BCUT2D eigenvalue weighted by molar-refractivity contribution is -0.138. The number of carbonyl (C=O) groups excluding carboxylic acids is 1. The van der Waals surface area contributed by atoms with Crippen molar-refractivity contribution in [1.82, 2.24) is 5.32 Å². The summed E-state index contributed by atoms with van der Waals surface area (Å²) in [5.41, 5.74) is 0. The second-order valence-corrected chi connectivity index (χ2v) is 4.35. The lowest BCUT2D eigenvalue weighted by Gasteiger charge is -2.06. The Balaban J connectivity index is 2.57. The Bertz CT molecular complexity index is 435. The summed E-state index contributed by atoms with van der Waals surface area (Å²) in [7, 11) is 0. The molecule has 1 amide bonds. The number of thioether (sulfide) groups is 1. The van der Waals surface area contributed by atoms with Crippen LogP contribution in [0.3, 0.4) is 0 Å². The molecule has 1 aromatic rings. The van der Waals surface area contributed by atoms with E-state index in [4.69, 9.17) is 9.52 Å². The van der Waals surface area contributed by atoms with E-state index in [-0.39, 0.29) is 17.3 Å². The molecule has 100 valence electrons. The summed E-state index contributed by atoms with van der Waals surface area (Å²) in [4.78, 5) is 22.0. The van der Waals surface area contributed by atoms with Crippen LogP contribution in [0, 0.1) is 0 Å². The van der Waals surface area contributed by atoms with Crippen molar-refractivity contribution < 1.29 is 27.9 Å². The van der Waals surface area contributed by atoms with Gasteiger partial charge in [-0.15, -0.1) is 0 Å². The molecule has 0 radical (unpaired) electrons. The maximum Gasteiger partial charge on any atom is 0.325 e. The third-order valence-corrected chi connectivity index (χ3v) is 2.66. The zero-order chi connectivity index (χ0) is 13.7. The van der Waals surface area contributed by atoms with Crippen LogP contribution in [0.2, 0.25) is 0 Å². The number of hydrogen-bond acceptors (Lipinski definition) is 4. The van der Waals surface area contributed by atoms with Crippen LogP contribution in [0.15, 0.2) is 16.5 Å². The van der Waals surface area contributed by atoms with Gasteiger partial charge in [-0.05, 0) is 19.1 Å². The number of carboxylic acids is 1. The van der Waals surface area contributed by atoms with Crippen LogP contribution >= 0.6 is 11.8 Å². The Morgan fingerprint density at radius 2 is 2.17 bits per heavy atom. The van der Waals surface area contributed by atoms with E-state index in [0.29, 0.717) is 11.8 Å². The number of halogens is 2. The van der Waals surface area contributed by atoms with Crippen LogP contribution in [0.25, 0.3) is 0 Å².